The molecule has 1 aromatic rings. The Labute approximate surface area is 100 Å². The number of carbonyl (C=O) groups is 1. The highest BCUT2D eigenvalue weighted by Crippen LogP contribution is 2.25. The van der Waals surface area contributed by atoms with Crippen LogP contribution >= 0.6 is 0 Å². The molecule has 0 radical (unpaired) electrons. The largest absolute Gasteiger partial charge is 0.488 e. The molecule has 0 amide bonds. The van der Waals surface area contributed by atoms with E-state index in [1.165, 1.54) is 6.07 Å². The number of nitrogens with two attached hydrogens (primary N) is 1. The first-order valence-corrected chi connectivity index (χ1v) is 5.24. The molecule has 0 saturated heterocycles. The lowest BCUT2D eigenvalue weighted by Gasteiger charge is -2.15. The lowest BCUT2D eigenvalue weighted by Crippen LogP contribution is -2.18. The molecule has 0 heterocycles. The molecule has 0 aliphatic heterocycles. The minimum atomic E-state index is -1.06. The van der Waals surface area contributed by atoms with Gasteiger partial charge in [-0.1, -0.05) is 0 Å². The van der Waals surface area contributed by atoms with Crippen molar-refractivity contribution in [2.24, 2.45) is 0 Å². The van der Waals surface area contributed by atoms with Crippen molar-refractivity contribution in [2.45, 2.75) is 20.0 Å². The molecule has 5 nitrogen and oxygen atoms in total. The number of anilines is 1. The third-order valence-corrected chi connectivity index (χ3v) is 2.33. The number of ether oxygens (including phenoxy) is 2. The van der Waals surface area contributed by atoms with Crippen molar-refractivity contribution in [3.8, 4) is 5.75 Å². The normalized spacial score (nSPS) is 12.2. The van der Waals surface area contributed by atoms with Gasteiger partial charge in [0.05, 0.1) is 12.2 Å². The second-order valence-electron chi connectivity index (χ2n) is 3.89. The summed E-state index contributed by atoms with van der Waals surface area (Å²) in [6.45, 7) is 4.02. The fourth-order valence-corrected chi connectivity index (χ4v) is 1.51. The summed E-state index contributed by atoms with van der Waals surface area (Å²) in [5, 5.41) is 8.99. The fourth-order valence-electron chi connectivity index (χ4n) is 1.51. The van der Waals surface area contributed by atoms with Crippen LogP contribution in [0.1, 0.15) is 22.8 Å². The molecule has 3 N–H and O–H groups in total. The van der Waals surface area contributed by atoms with Crippen molar-refractivity contribution in [3.05, 3.63) is 23.3 Å². The number of aromatic carboxylic acids is 1. The van der Waals surface area contributed by atoms with Gasteiger partial charge in [0.15, 0.2) is 0 Å². The van der Waals surface area contributed by atoms with Gasteiger partial charge in [-0.15, -0.1) is 0 Å². The van der Waals surface area contributed by atoms with Crippen molar-refractivity contribution in [1.82, 2.24) is 0 Å². The zero-order valence-corrected chi connectivity index (χ0v) is 10.2. The van der Waals surface area contributed by atoms with Crippen LogP contribution in [-0.4, -0.2) is 30.9 Å². The van der Waals surface area contributed by atoms with Gasteiger partial charge in [-0.2, -0.15) is 0 Å². The summed E-state index contributed by atoms with van der Waals surface area (Å²) in [5.41, 5.74) is 6.69. The third-order valence-electron chi connectivity index (χ3n) is 2.33. The molecule has 1 atom stereocenters. The number of hydrogen-bond acceptors (Lipinski definition) is 4. The number of hydrogen-bond donors (Lipinski definition) is 2. The van der Waals surface area contributed by atoms with E-state index in [1.807, 2.05) is 6.92 Å². The Morgan fingerprint density at radius 2 is 2.18 bits per heavy atom. The Bertz CT molecular complexity index is 417. The molecule has 0 bridgehead atoms. The summed E-state index contributed by atoms with van der Waals surface area (Å²) in [5.74, 6) is -0.575. The van der Waals surface area contributed by atoms with Gasteiger partial charge >= 0.3 is 5.97 Å². The Balaban J connectivity index is 2.98. The van der Waals surface area contributed by atoms with E-state index in [-0.39, 0.29) is 17.4 Å². The highest BCUT2D eigenvalue weighted by molar-refractivity contribution is 5.95. The molecule has 5 heteroatoms. The summed E-state index contributed by atoms with van der Waals surface area (Å²) in [6, 6.07) is 3.14. The van der Waals surface area contributed by atoms with Gasteiger partial charge in [0, 0.05) is 12.8 Å². The predicted molar refractivity (Wildman–Crippen MR) is 64.5 cm³/mol. The standard InChI is InChI=1S/C12H17NO4/c1-7-4-9(17-8(2)6-16-3)5-10(11(7)13)12(14)15/h4-5,8H,6,13H2,1-3H3,(H,14,15). The van der Waals surface area contributed by atoms with Crippen LogP contribution in [0.4, 0.5) is 5.69 Å². The molecule has 1 unspecified atom stereocenters. The number of nitrogen functional groups attached to an aromatic ring is 1. The maximum Gasteiger partial charge on any atom is 0.337 e. The monoisotopic (exact) mass is 239 g/mol. The van der Waals surface area contributed by atoms with Crippen LogP contribution in [0, 0.1) is 6.92 Å². The highest BCUT2D eigenvalue weighted by atomic mass is 16.5. The van der Waals surface area contributed by atoms with Gasteiger partial charge in [0.25, 0.3) is 0 Å². The van der Waals surface area contributed by atoms with Crippen molar-refractivity contribution < 1.29 is 19.4 Å². The van der Waals surface area contributed by atoms with Crippen LogP contribution in [0.5, 0.6) is 5.75 Å². The first kappa shape index (κ1) is 13.3. The van der Waals surface area contributed by atoms with Gasteiger partial charge in [-0.25, -0.2) is 4.79 Å². The molecule has 94 valence electrons. The molecule has 0 aromatic heterocycles. The van der Waals surface area contributed by atoms with E-state index < -0.39 is 5.97 Å². The van der Waals surface area contributed by atoms with Gasteiger partial charge < -0.3 is 20.3 Å². The van der Waals surface area contributed by atoms with Crippen LogP contribution < -0.4 is 10.5 Å². The number of carboxylic acids is 1. The van der Waals surface area contributed by atoms with Crippen molar-refractivity contribution in [2.75, 3.05) is 19.5 Å². The minimum absolute atomic E-state index is 0.0598. The maximum absolute atomic E-state index is 11.0. The van der Waals surface area contributed by atoms with Crippen LogP contribution in [0.2, 0.25) is 0 Å². The zero-order valence-electron chi connectivity index (χ0n) is 10.2. The summed E-state index contributed by atoms with van der Waals surface area (Å²) in [4.78, 5) is 11.0. The van der Waals surface area contributed by atoms with E-state index in [2.05, 4.69) is 0 Å². The number of rotatable bonds is 5. The molecule has 1 aromatic carbocycles. The van der Waals surface area contributed by atoms with Crippen LogP contribution in [0.3, 0.4) is 0 Å². The molecule has 0 fully saturated rings. The Morgan fingerprint density at radius 1 is 1.53 bits per heavy atom. The van der Waals surface area contributed by atoms with Crippen LogP contribution in [0.15, 0.2) is 12.1 Å². The van der Waals surface area contributed by atoms with E-state index in [0.717, 1.165) is 0 Å². The van der Waals surface area contributed by atoms with E-state index >= 15 is 0 Å². The number of methoxy groups -OCH3 is 1. The Morgan fingerprint density at radius 3 is 2.71 bits per heavy atom. The number of carboxylic acid groups (broad SMARTS) is 1. The van der Waals surface area contributed by atoms with Gasteiger partial charge in [0.2, 0.25) is 0 Å². The molecule has 0 spiro atoms. The van der Waals surface area contributed by atoms with Gasteiger partial charge in [-0.05, 0) is 31.5 Å². The lowest BCUT2D eigenvalue weighted by atomic mass is 10.1. The van der Waals surface area contributed by atoms with Crippen molar-refractivity contribution in [1.29, 1.82) is 0 Å². The quantitative estimate of drug-likeness (QED) is 0.764. The smallest absolute Gasteiger partial charge is 0.337 e. The molecule has 17 heavy (non-hydrogen) atoms. The summed E-state index contributed by atoms with van der Waals surface area (Å²) < 4.78 is 10.5. The van der Waals surface area contributed by atoms with E-state index in [9.17, 15) is 4.79 Å². The molecule has 0 aliphatic rings. The second-order valence-corrected chi connectivity index (χ2v) is 3.89. The molecule has 0 aliphatic carbocycles. The first-order valence-electron chi connectivity index (χ1n) is 5.24. The molecular weight excluding hydrogens is 222 g/mol. The summed E-state index contributed by atoms with van der Waals surface area (Å²) >= 11 is 0. The molecule has 1 rings (SSSR count). The van der Waals surface area contributed by atoms with Gasteiger partial charge in [-0.3, -0.25) is 0 Å². The van der Waals surface area contributed by atoms with Crippen LogP contribution in [0.25, 0.3) is 0 Å². The summed E-state index contributed by atoms with van der Waals surface area (Å²) in [7, 11) is 1.58. The average molecular weight is 239 g/mol. The zero-order chi connectivity index (χ0) is 13.0. The van der Waals surface area contributed by atoms with Gasteiger partial charge in [0.1, 0.15) is 11.9 Å². The maximum atomic E-state index is 11.0. The first-order chi connectivity index (χ1) is 7.95. The summed E-state index contributed by atoms with van der Waals surface area (Å²) in [6.07, 6.45) is -0.148. The Kier molecular flexibility index (Phi) is 4.34. The number of aryl methyl sites for hydroxylation is 1. The second kappa shape index (κ2) is 5.54. The van der Waals surface area contributed by atoms with Crippen molar-refractivity contribution >= 4 is 11.7 Å². The molecule has 0 saturated carbocycles. The minimum Gasteiger partial charge on any atom is -0.488 e. The fraction of sp³-hybridized carbons (Fsp3) is 0.417. The number of benzene rings is 1. The lowest BCUT2D eigenvalue weighted by molar-refractivity contribution is 0.0695. The average Bonchev–Trinajstić information content (AvgIpc) is 2.23. The predicted octanol–water partition coefficient (Wildman–Crippen LogP) is 1.69. The highest BCUT2D eigenvalue weighted by Gasteiger charge is 2.13. The Hall–Kier alpha value is -1.75. The van der Waals surface area contributed by atoms with Crippen LogP contribution in [-0.2, 0) is 4.74 Å². The van der Waals surface area contributed by atoms with Crippen molar-refractivity contribution in [3.63, 3.8) is 0 Å². The third kappa shape index (κ3) is 3.35. The molecular formula is C12H17NO4. The van der Waals surface area contributed by atoms with E-state index in [4.69, 9.17) is 20.3 Å². The van der Waals surface area contributed by atoms with E-state index in [0.29, 0.717) is 17.9 Å². The van der Waals surface area contributed by atoms with E-state index in [1.54, 1.807) is 20.1 Å². The topological polar surface area (TPSA) is 81.8 Å². The SMILES string of the molecule is COCC(C)Oc1cc(C)c(N)c(C(=O)O)c1.